The maximum absolute atomic E-state index is 12.0. The molecule has 80 valence electrons. The minimum atomic E-state index is -4.83. The number of pyridine rings is 1. The van der Waals surface area contributed by atoms with E-state index >= 15 is 0 Å². The van der Waals surface area contributed by atoms with Crippen molar-refractivity contribution < 1.29 is 17.9 Å². The van der Waals surface area contributed by atoms with Crippen LogP contribution in [0.25, 0.3) is 0 Å². The molecule has 0 aliphatic rings. The second-order valence-electron chi connectivity index (χ2n) is 2.60. The van der Waals surface area contributed by atoms with Gasteiger partial charge in [0.25, 0.3) is 0 Å². The lowest BCUT2D eigenvalue weighted by atomic mass is 10.2. The molecule has 7 heteroatoms. The summed E-state index contributed by atoms with van der Waals surface area (Å²) in [6.45, 7) is 1.40. The molecule has 0 unspecified atom stereocenters. The largest absolute Gasteiger partial charge is 0.573 e. The zero-order valence-corrected chi connectivity index (χ0v) is 8.98. The van der Waals surface area contributed by atoms with Gasteiger partial charge in [-0.05, 0) is 34.5 Å². The maximum Gasteiger partial charge on any atom is 0.573 e. The van der Waals surface area contributed by atoms with Crippen molar-refractivity contribution in [3.8, 4) is 11.8 Å². The minimum Gasteiger partial charge on any atom is -0.402 e. The fourth-order valence-corrected chi connectivity index (χ4v) is 1.46. The predicted octanol–water partition coefficient (Wildman–Crippen LogP) is 2.92. The molecule has 1 rings (SSSR count). The molecule has 0 aliphatic carbocycles. The van der Waals surface area contributed by atoms with Crippen LogP contribution in [0.5, 0.6) is 5.75 Å². The van der Waals surface area contributed by atoms with E-state index in [4.69, 9.17) is 5.26 Å². The Bertz CT molecular complexity index is 425. The summed E-state index contributed by atoms with van der Waals surface area (Å²) in [6, 6.07) is 2.87. The molecule has 0 atom stereocenters. The molecule has 0 saturated carbocycles. The third-order valence-electron chi connectivity index (χ3n) is 1.45. The third kappa shape index (κ3) is 3.09. The van der Waals surface area contributed by atoms with Gasteiger partial charge in [0, 0.05) is 0 Å². The molecule has 0 aromatic carbocycles. The summed E-state index contributed by atoms with van der Waals surface area (Å²) >= 11 is 2.97. The second kappa shape index (κ2) is 4.06. The average molecular weight is 281 g/mol. The van der Waals surface area contributed by atoms with Crippen molar-refractivity contribution in [3.05, 3.63) is 21.9 Å². The number of nitrogens with zero attached hydrogens (tertiary/aromatic N) is 2. The summed E-state index contributed by atoms with van der Waals surface area (Å²) in [5.74, 6) is -0.562. The van der Waals surface area contributed by atoms with Crippen LogP contribution in [0.1, 0.15) is 11.3 Å². The highest BCUT2D eigenvalue weighted by atomic mass is 79.9. The van der Waals surface area contributed by atoms with Crippen LogP contribution >= 0.6 is 15.9 Å². The van der Waals surface area contributed by atoms with Crippen LogP contribution < -0.4 is 4.74 Å². The first-order valence-corrected chi connectivity index (χ1v) is 4.46. The van der Waals surface area contributed by atoms with Gasteiger partial charge in [0.1, 0.15) is 10.7 Å². The SMILES string of the molecule is Cc1cc(Br)nc(C#N)c1OC(F)(F)F. The summed E-state index contributed by atoms with van der Waals surface area (Å²) in [4.78, 5) is 3.57. The number of halogens is 4. The Hall–Kier alpha value is -1.29. The molecule has 15 heavy (non-hydrogen) atoms. The van der Waals surface area contributed by atoms with Gasteiger partial charge >= 0.3 is 6.36 Å². The number of hydrogen-bond acceptors (Lipinski definition) is 3. The van der Waals surface area contributed by atoms with Crippen molar-refractivity contribution in [1.82, 2.24) is 4.98 Å². The number of nitriles is 1. The second-order valence-corrected chi connectivity index (χ2v) is 3.41. The molecule has 1 heterocycles. The summed E-state index contributed by atoms with van der Waals surface area (Å²) in [6.07, 6.45) is -4.83. The molecule has 1 aromatic rings. The number of aromatic nitrogens is 1. The van der Waals surface area contributed by atoms with Crippen molar-refractivity contribution in [2.45, 2.75) is 13.3 Å². The topological polar surface area (TPSA) is 45.9 Å². The van der Waals surface area contributed by atoms with Crippen molar-refractivity contribution in [2.75, 3.05) is 0 Å². The zero-order chi connectivity index (χ0) is 11.6. The van der Waals surface area contributed by atoms with Crippen molar-refractivity contribution in [3.63, 3.8) is 0 Å². The Kier molecular flexibility index (Phi) is 3.19. The highest BCUT2D eigenvalue weighted by molar-refractivity contribution is 9.10. The number of alkyl halides is 3. The van der Waals surface area contributed by atoms with Crippen molar-refractivity contribution >= 4 is 15.9 Å². The first-order chi connectivity index (χ1) is 6.83. The molecule has 0 radical (unpaired) electrons. The first-order valence-electron chi connectivity index (χ1n) is 3.66. The molecule has 0 bridgehead atoms. The summed E-state index contributed by atoms with van der Waals surface area (Å²) in [5.41, 5.74) is -0.218. The molecule has 0 amide bonds. The number of ether oxygens (including phenoxy) is 1. The van der Waals surface area contributed by atoms with Gasteiger partial charge in [-0.2, -0.15) is 5.26 Å². The fourth-order valence-electron chi connectivity index (χ4n) is 0.941. The normalized spacial score (nSPS) is 10.9. The monoisotopic (exact) mass is 280 g/mol. The van der Waals surface area contributed by atoms with Gasteiger partial charge in [-0.3, -0.25) is 0 Å². The zero-order valence-electron chi connectivity index (χ0n) is 7.39. The molecule has 0 spiro atoms. The molecular weight excluding hydrogens is 277 g/mol. The molecule has 0 saturated heterocycles. The van der Waals surface area contributed by atoms with Crippen LogP contribution in [-0.4, -0.2) is 11.3 Å². The maximum atomic E-state index is 12.0. The van der Waals surface area contributed by atoms with Crippen LogP contribution in [0, 0.1) is 18.3 Å². The van der Waals surface area contributed by atoms with Gasteiger partial charge in [-0.1, -0.05) is 0 Å². The van der Waals surface area contributed by atoms with Crippen LogP contribution in [0.4, 0.5) is 13.2 Å². The summed E-state index contributed by atoms with van der Waals surface area (Å²) in [7, 11) is 0. The Morgan fingerprint density at radius 1 is 1.53 bits per heavy atom. The molecule has 1 aromatic heterocycles. The van der Waals surface area contributed by atoms with Gasteiger partial charge in [0.15, 0.2) is 11.4 Å². The molecular formula is C8H4BrF3N2O. The lowest BCUT2D eigenvalue weighted by molar-refractivity contribution is -0.275. The Morgan fingerprint density at radius 2 is 2.13 bits per heavy atom. The standard InChI is InChI=1S/C8H4BrF3N2O/c1-4-2-6(9)14-5(3-13)7(4)15-8(10,11)12/h2H,1H3. The summed E-state index contributed by atoms with van der Waals surface area (Å²) in [5, 5.41) is 8.58. The Labute approximate surface area is 91.6 Å². The Morgan fingerprint density at radius 3 is 2.60 bits per heavy atom. The lowest BCUT2D eigenvalue weighted by Crippen LogP contribution is -2.19. The quantitative estimate of drug-likeness (QED) is 0.743. The van der Waals surface area contributed by atoms with Crippen LogP contribution in [-0.2, 0) is 0 Å². The highest BCUT2D eigenvalue weighted by Gasteiger charge is 2.33. The van der Waals surface area contributed by atoms with E-state index in [1.54, 1.807) is 0 Å². The molecule has 0 N–H and O–H groups in total. The minimum absolute atomic E-state index is 0.186. The van der Waals surface area contributed by atoms with E-state index < -0.39 is 17.8 Å². The van der Waals surface area contributed by atoms with Crippen molar-refractivity contribution in [2.24, 2.45) is 0 Å². The van der Waals surface area contributed by atoms with E-state index in [9.17, 15) is 13.2 Å². The van der Waals surface area contributed by atoms with Crippen LogP contribution in [0.3, 0.4) is 0 Å². The fraction of sp³-hybridized carbons (Fsp3) is 0.250. The van der Waals surface area contributed by atoms with Gasteiger partial charge in [0.05, 0.1) is 0 Å². The summed E-state index contributed by atoms with van der Waals surface area (Å²) < 4.78 is 39.9. The van der Waals surface area contributed by atoms with Crippen molar-refractivity contribution in [1.29, 1.82) is 5.26 Å². The van der Waals surface area contributed by atoms with E-state index in [0.29, 0.717) is 0 Å². The van der Waals surface area contributed by atoms with E-state index in [2.05, 4.69) is 25.7 Å². The first kappa shape index (κ1) is 11.8. The van der Waals surface area contributed by atoms with Gasteiger partial charge in [-0.25, -0.2) is 4.98 Å². The van der Waals surface area contributed by atoms with Gasteiger partial charge in [0.2, 0.25) is 0 Å². The smallest absolute Gasteiger partial charge is 0.402 e. The molecule has 3 nitrogen and oxygen atoms in total. The van der Waals surface area contributed by atoms with Crippen LogP contribution in [0.15, 0.2) is 10.7 Å². The van der Waals surface area contributed by atoms with E-state index in [0.717, 1.165) is 0 Å². The molecule has 0 fully saturated rings. The highest BCUT2D eigenvalue weighted by Crippen LogP contribution is 2.29. The van der Waals surface area contributed by atoms with E-state index in [1.807, 2.05) is 0 Å². The van der Waals surface area contributed by atoms with E-state index in [-0.39, 0.29) is 10.2 Å². The number of hydrogen-bond donors (Lipinski definition) is 0. The van der Waals surface area contributed by atoms with Crippen LogP contribution in [0.2, 0.25) is 0 Å². The van der Waals surface area contributed by atoms with Gasteiger partial charge in [-0.15, -0.1) is 13.2 Å². The lowest BCUT2D eigenvalue weighted by Gasteiger charge is -2.12. The molecule has 0 aliphatic heterocycles. The average Bonchev–Trinajstić information content (AvgIpc) is 2.07. The van der Waals surface area contributed by atoms with Gasteiger partial charge < -0.3 is 4.74 Å². The third-order valence-corrected chi connectivity index (χ3v) is 1.86. The Balaban J connectivity index is 3.23. The van der Waals surface area contributed by atoms with E-state index in [1.165, 1.54) is 19.1 Å². The number of rotatable bonds is 1. The predicted molar refractivity (Wildman–Crippen MR) is 48.1 cm³/mol. The number of aryl methyl sites for hydroxylation is 1.